The summed E-state index contributed by atoms with van der Waals surface area (Å²) in [7, 11) is 1.38. The van der Waals surface area contributed by atoms with Crippen LogP contribution in [0.15, 0.2) is 22.9 Å². The first-order valence-electron chi connectivity index (χ1n) is 7.11. The van der Waals surface area contributed by atoms with Gasteiger partial charge in [0.05, 0.1) is 12.7 Å². The van der Waals surface area contributed by atoms with E-state index in [9.17, 15) is 4.79 Å². The number of rotatable bonds is 4. The molecular weight excluding hydrogens is 336 g/mol. The van der Waals surface area contributed by atoms with Gasteiger partial charge < -0.3 is 14.8 Å². The van der Waals surface area contributed by atoms with E-state index in [0.29, 0.717) is 5.41 Å². The molecule has 5 nitrogen and oxygen atoms in total. The van der Waals surface area contributed by atoms with Gasteiger partial charge in [-0.1, -0.05) is 0 Å². The molecule has 1 aliphatic heterocycles. The molecule has 114 valence electrons. The van der Waals surface area contributed by atoms with Crippen LogP contribution in [0.3, 0.4) is 0 Å². The maximum Gasteiger partial charge on any atom is 0.331 e. The largest absolute Gasteiger partial charge is 0.467 e. The van der Waals surface area contributed by atoms with Gasteiger partial charge in [0.1, 0.15) is 6.61 Å². The second kappa shape index (κ2) is 5.66. The van der Waals surface area contributed by atoms with Crippen molar-refractivity contribution < 1.29 is 14.3 Å². The number of ether oxygens (including phenoxy) is 2. The fourth-order valence-corrected chi connectivity index (χ4v) is 4.07. The van der Waals surface area contributed by atoms with Gasteiger partial charge in [-0.05, 0) is 46.7 Å². The molecule has 1 saturated carbocycles. The van der Waals surface area contributed by atoms with Crippen molar-refractivity contribution in [1.82, 2.24) is 10.3 Å². The Balaban J connectivity index is 1.88. The summed E-state index contributed by atoms with van der Waals surface area (Å²) in [4.78, 5) is 15.6. The van der Waals surface area contributed by atoms with Gasteiger partial charge in [0.15, 0.2) is 0 Å². The van der Waals surface area contributed by atoms with Crippen molar-refractivity contribution in [2.75, 3.05) is 26.8 Å². The van der Waals surface area contributed by atoms with Gasteiger partial charge in [0, 0.05) is 35.5 Å². The Labute approximate surface area is 132 Å². The van der Waals surface area contributed by atoms with Gasteiger partial charge >= 0.3 is 5.97 Å². The van der Waals surface area contributed by atoms with Gasteiger partial charge in [-0.15, -0.1) is 0 Å². The molecule has 0 aromatic carbocycles. The summed E-state index contributed by atoms with van der Waals surface area (Å²) in [5.41, 5.74) is 0.946. The summed E-state index contributed by atoms with van der Waals surface area (Å²) in [6.45, 7) is 2.03. The van der Waals surface area contributed by atoms with E-state index >= 15 is 0 Å². The lowest BCUT2D eigenvalue weighted by Crippen LogP contribution is -2.52. The number of methoxy groups -OCH3 is 1. The number of nitrogens with one attached hydrogen (secondary N) is 1. The van der Waals surface area contributed by atoms with E-state index in [2.05, 4.69) is 26.2 Å². The van der Waals surface area contributed by atoms with Crippen molar-refractivity contribution in [2.24, 2.45) is 5.41 Å². The fraction of sp³-hybridized carbons (Fsp3) is 0.600. The highest BCUT2D eigenvalue weighted by Gasteiger charge is 2.53. The minimum Gasteiger partial charge on any atom is -0.467 e. The summed E-state index contributed by atoms with van der Waals surface area (Å²) in [5, 5.41) is 3.35. The van der Waals surface area contributed by atoms with Gasteiger partial charge in [-0.25, -0.2) is 4.79 Å². The van der Waals surface area contributed by atoms with Crippen LogP contribution < -0.4 is 5.32 Å². The lowest BCUT2D eigenvalue weighted by Gasteiger charge is -2.41. The lowest BCUT2D eigenvalue weighted by atomic mass is 9.78. The van der Waals surface area contributed by atoms with E-state index in [4.69, 9.17) is 9.47 Å². The van der Waals surface area contributed by atoms with Crippen LogP contribution in [0.5, 0.6) is 0 Å². The fourth-order valence-electron chi connectivity index (χ4n) is 3.46. The Morgan fingerprint density at radius 2 is 2.29 bits per heavy atom. The Bertz CT molecular complexity index is 547. The number of halogens is 1. The monoisotopic (exact) mass is 354 g/mol. The predicted octanol–water partition coefficient (Wildman–Crippen LogP) is 2.00. The molecule has 0 radical (unpaired) electrons. The average molecular weight is 355 g/mol. The zero-order valence-corrected chi connectivity index (χ0v) is 13.6. The van der Waals surface area contributed by atoms with Gasteiger partial charge in [0.25, 0.3) is 0 Å². The molecular formula is C15H19BrN2O3. The predicted molar refractivity (Wildman–Crippen MR) is 80.7 cm³/mol. The Hall–Kier alpha value is -0.980. The number of pyridine rings is 1. The highest BCUT2D eigenvalue weighted by molar-refractivity contribution is 9.10. The molecule has 1 saturated heterocycles. The molecule has 1 spiro atoms. The maximum absolute atomic E-state index is 11.5. The SMILES string of the molecule is COC(=O)COC1(c2ccncc2Br)CCC2(CNC2)C1. The van der Waals surface area contributed by atoms with Crippen LogP contribution in [0.1, 0.15) is 24.8 Å². The maximum atomic E-state index is 11.5. The number of hydrogen-bond donors (Lipinski definition) is 1. The van der Waals surface area contributed by atoms with Crippen molar-refractivity contribution in [3.63, 3.8) is 0 Å². The highest BCUT2D eigenvalue weighted by atomic mass is 79.9. The molecule has 1 unspecified atom stereocenters. The summed E-state index contributed by atoms with van der Waals surface area (Å²) in [6, 6.07) is 1.98. The standard InChI is InChI=1S/C15H19BrN2O3/c1-20-13(19)7-21-15(11-2-5-17-6-12(11)16)4-3-14(8-15)9-18-10-14/h2,5-6,18H,3-4,7-10H2,1H3. The smallest absolute Gasteiger partial charge is 0.331 e. The first-order chi connectivity index (χ1) is 10.1. The minimum absolute atomic E-state index is 0.0191. The van der Waals surface area contributed by atoms with Crippen molar-refractivity contribution in [1.29, 1.82) is 0 Å². The van der Waals surface area contributed by atoms with E-state index < -0.39 is 5.60 Å². The molecule has 1 aromatic rings. The number of esters is 1. The molecule has 1 atom stereocenters. The molecule has 21 heavy (non-hydrogen) atoms. The van der Waals surface area contributed by atoms with E-state index in [1.165, 1.54) is 7.11 Å². The van der Waals surface area contributed by atoms with Crippen molar-refractivity contribution in [3.05, 3.63) is 28.5 Å². The first-order valence-corrected chi connectivity index (χ1v) is 7.90. The minimum atomic E-state index is -0.432. The molecule has 1 aliphatic carbocycles. The molecule has 2 heterocycles. The van der Waals surface area contributed by atoms with Crippen LogP contribution >= 0.6 is 15.9 Å². The van der Waals surface area contributed by atoms with E-state index in [0.717, 1.165) is 42.4 Å². The van der Waals surface area contributed by atoms with Crippen molar-refractivity contribution in [3.8, 4) is 0 Å². The molecule has 2 aliphatic rings. The lowest BCUT2D eigenvalue weighted by molar-refractivity contribution is -0.154. The third-order valence-electron chi connectivity index (χ3n) is 4.68. The molecule has 6 heteroatoms. The molecule has 2 fully saturated rings. The summed E-state index contributed by atoms with van der Waals surface area (Å²) in [5.74, 6) is -0.341. The number of carbonyl (C=O) groups excluding carboxylic acids is 1. The van der Waals surface area contributed by atoms with Crippen LogP contribution in [-0.4, -0.2) is 37.8 Å². The highest BCUT2D eigenvalue weighted by Crippen LogP contribution is 2.54. The number of nitrogens with zero attached hydrogens (tertiary/aromatic N) is 1. The zero-order chi connectivity index (χ0) is 14.9. The first kappa shape index (κ1) is 14.9. The number of aromatic nitrogens is 1. The topological polar surface area (TPSA) is 60.5 Å². The number of hydrogen-bond acceptors (Lipinski definition) is 5. The van der Waals surface area contributed by atoms with Crippen LogP contribution in [0.25, 0.3) is 0 Å². The molecule has 0 amide bonds. The van der Waals surface area contributed by atoms with E-state index in [1.807, 2.05) is 6.07 Å². The normalized spacial score (nSPS) is 26.6. The Morgan fingerprint density at radius 1 is 1.48 bits per heavy atom. The second-order valence-corrected chi connectivity index (χ2v) is 6.85. The Kier molecular flexibility index (Phi) is 4.03. The van der Waals surface area contributed by atoms with E-state index in [-0.39, 0.29) is 12.6 Å². The van der Waals surface area contributed by atoms with Crippen LogP contribution in [0, 0.1) is 5.41 Å². The van der Waals surface area contributed by atoms with Gasteiger partial charge in [-0.3, -0.25) is 4.98 Å². The van der Waals surface area contributed by atoms with Crippen molar-refractivity contribution >= 4 is 21.9 Å². The summed E-state index contributed by atoms with van der Waals surface area (Å²) < 4.78 is 11.7. The summed E-state index contributed by atoms with van der Waals surface area (Å²) in [6.07, 6.45) is 6.49. The van der Waals surface area contributed by atoms with E-state index in [1.54, 1.807) is 12.4 Å². The van der Waals surface area contributed by atoms with Crippen LogP contribution in [-0.2, 0) is 19.9 Å². The van der Waals surface area contributed by atoms with Crippen LogP contribution in [0.2, 0.25) is 0 Å². The third-order valence-corrected chi connectivity index (χ3v) is 5.31. The van der Waals surface area contributed by atoms with Crippen molar-refractivity contribution in [2.45, 2.75) is 24.9 Å². The Morgan fingerprint density at radius 3 is 2.86 bits per heavy atom. The third kappa shape index (κ3) is 2.72. The molecule has 1 aromatic heterocycles. The second-order valence-electron chi connectivity index (χ2n) is 5.99. The average Bonchev–Trinajstić information content (AvgIpc) is 2.87. The zero-order valence-electron chi connectivity index (χ0n) is 12.0. The quantitative estimate of drug-likeness (QED) is 0.838. The summed E-state index contributed by atoms with van der Waals surface area (Å²) >= 11 is 3.57. The number of carbonyl (C=O) groups is 1. The van der Waals surface area contributed by atoms with Crippen LogP contribution in [0.4, 0.5) is 0 Å². The van der Waals surface area contributed by atoms with Gasteiger partial charge in [-0.2, -0.15) is 0 Å². The molecule has 3 rings (SSSR count). The molecule has 0 bridgehead atoms. The molecule has 1 N–H and O–H groups in total. The van der Waals surface area contributed by atoms with Gasteiger partial charge in [0.2, 0.25) is 0 Å².